The highest BCUT2D eigenvalue weighted by Gasteiger charge is 2.15. The van der Waals surface area contributed by atoms with Gasteiger partial charge in [-0.05, 0) is 35.3 Å². The maximum Gasteiger partial charge on any atom is 0.330 e. The van der Waals surface area contributed by atoms with E-state index < -0.39 is 0 Å². The van der Waals surface area contributed by atoms with E-state index in [1.165, 1.54) is 6.08 Å². The Bertz CT molecular complexity index is 723. The van der Waals surface area contributed by atoms with E-state index in [4.69, 9.17) is 14.2 Å². The van der Waals surface area contributed by atoms with Gasteiger partial charge in [0.1, 0.15) is 11.5 Å². The van der Waals surface area contributed by atoms with Crippen LogP contribution in [0.25, 0.3) is 6.08 Å². The van der Waals surface area contributed by atoms with Crippen LogP contribution in [0.4, 0.5) is 0 Å². The Balaban J connectivity index is 2.01. The van der Waals surface area contributed by atoms with Gasteiger partial charge in [-0.1, -0.05) is 44.2 Å². The lowest BCUT2D eigenvalue weighted by Gasteiger charge is -2.17. The van der Waals surface area contributed by atoms with Crippen LogP contribution in [-0.4, -0.2) is 26.8 Å². The van der Waals surface area contributed by atoms with Gasteiger partial charge < -0.3 is 14.2 Å². The maximum absolute atomic E-state index is 11.9. The minimum atomic E-state index is -0.369. The normalized spacial score (nSPS) is 11.0. The summed E-state index contributed by atoms with van der Waals surface area (Å²) in [5.74, 6) is 1.39. The van der Waals surface area contributed by atoms with Crippen molar-refractivity contribution in [3.05, 3.63) is 65.2 Å². The van der Waals surface area contributed by atoms with Gasteiger partial charge in [0.2, 0.25) is 0 Å². The lowest BCUT2D eigenvalue weighted by molar-refractivity contribution is -0.137. The quantitative estimate of drug-likeness (QED) is 0.512. The first-order chi connectivity index (χ1) is 12.5. The SMILES string of the molecule is COc1cc(C=CC(=O)OCCc2ccccc2)cc(OC)c1C(C)C. The van der Waals surface area contributed by atoms with Gasteiger partial charge >= 0.3 is 5.97 Å². The van der Waals surface area contributed by atoms with E-state index in [0.29, 0.717) is 13.0 Å². The molecule has 4 heteroatoms. The summed E-state index contributed by atoms with van der Waals surface area (Å²) < 4.78 is 16.2. The fourth-order valence-corrected chi connectivity index (χ4v) is 2.75. The molecule has 0 amide bonds. The molecule has 2 aromatic carbocycles. The summed E-state index contributed by atoms with van der Waals surface area (Å²) in [6.07, 6.45) is 3.83. The fraction of sp³-hybridized carbons (Fsp3) is 0.318. The minimum Gasteiger partial charge on any atom is -0.496 e. The average molecular weight is 354 g/mol. The number of hydrogen-bond acceptors (Lipinski definition) is 4. The molecule has 0 heterocycles. The third kappa shape index (κ3) is 5.38. The molecule has 2 aromatic rings. The Hall–Kier alpha value is -2.75. The number of hydrogen-bond donors (Lipinski definition) is 0. The number of benzene rings is 2. The molecule has 0 aliphatic carbocycles. The van der Waals surface area contributed by atoms with E-state index in [0.717, 1.165) is 28.2 Å². The Morgan fingerprint density at radius 2 is 1.65 bits per heavy atom. The highest BCUT2D eigenvalue weighted by molar-refractivity contribution is 5.87. The first-order valence-electron chi connectivity index (χ1n) is 8.69. The van der Waals surface area contributed by atoms with Crippen molar-refractivity contribution in [1.82, 2.24) is 0 Å². The van der Waals surface area contributed by atoms with Gasteiger partial charge in [0.25, 0.3) is 0 Å². The lowest BCUT2D eigenvalue weighted by Crippen LogP contribution is -2.04. The molecule has 0 aliphatic heterocycles. The average Bonchev–Trinajstić information content (AvgIpc) is 2.66. The monoisotopic (exact) mass is 354 g/mol. The predicted molar refractivity (Wildman–Crippen MR) is 104 cm³/mol. The standard InChI is InChI=1S/C22H26O4/c1-16(2)22-19(24-3)14-18(15-20(22)25-4)10-11-21(23)26-13-12-17-8-6-5-7-9-17/h5-11,14-16H,12-13H2,1-4H3. The molecule has 0 atom stereocenters. The summed E-state index contributed by atoms with van der Waals surface area (Å²) in [4.78, 5) is 11.9. The first kappa shape index (κ1) is 19.6. The zero-order valence-electron chi connectivity index (χ0n) is 15.8. The summed E-state index contributed by atoms with van der Waals surface area (Å²) in [6, 6.07) is 13.7. The summed E-state index contributed by atoms with van der Waals surface area (Å²) in [7, 11) is 3.26. The molecule has 4 nitrogen and oxygen atoms in total. The van der Waals surface area contributed by atoms with Crippen LogP contribution >= 0.6 is 0 Å². The molecule has 0 spiro atoms. The highest BCUT2D eigenvalue weighted by atomic mass is 16.5. The molecule has 0 aromatic heterocycles. The summed E-state index contributed by atoms with van der Waals surface area (Å²) in [6.45, 7) is 4.52. The molecule has 138 valence electrons. The molecule has 0 aliphatic rings. The third-order valence-electron chi connectivity index (χ3n) is 4.03. The van der Waals surface area contributed by atoms with Crippen molar-refractivity contribution in [3.63, 3.8) is 0 Å². The zero-order valence-corrected chi connectivity index (χ0v) is 15.8. The number of rotatable bonds is 8. The van der Waals surface area contributed by atoms with E-state index in [1.807, 2.05) is 42.5 Å². The predicted octanol–water partition coefficient (Wildman–Crippen LogP) is 4.63. The van der Waals surface area contributed by atoms with Gasteiger partial charge in [-0.15, -0.1) is 0 Å². The van der Waals surface area contributed by atoms with Crippen LogP contribution in [0, 0.1) is 0 Å². The zero-order chi connectivity index (χ0) is 18.9. The second-order valence-electron chi connectivity index (χ2n) is 6.23. The van der Waals surface area contributed by atoms with Gasteiger partial charge in [0, 0.05) is 18.1 Å². The van der Waals surface area contributed by atoms with Crippen molar-refractivity contribution in [2.24, 2.45) is 0 Å². The van der Waals surface area contributed by atoms with Crippen LogP contribution in [-0.2, 0) is 16.0 Å². The van der Waals surface area contributed by atoms with Crippen LogP contribution in [0.5, 0.6) is 11.5 Å². The molecular weight excluding hydrogens is 328 g/mol. The summed E-state index contributed by atoms with van der Waals surface area (Å²) >= 11 is 0. The van der Waals surface area contributed by atoms with Crippen molar-refractivity contribution in [3.8, 4) is 11.5 Å². The number of methoxy groups -OCH3 is 2. The first-order valence-corrected chi connectivity index (χ1v) is 8.69. The molecule has 0 saturated carbocycles. The Labute approximate surface area is 155 Å². The van der Waals surface area contributed by atoms with E-state index in [-0.39, 0.29) is 11.9 Å². The lowest BCUT2D eigenvalue weighted by atomic mass is 9.98. The van der Waals surface area contributed by atoms with Crippen molar-refractivity contribution in [2.45, 2.75) is 26.2 Å². The van der Waals surface area contributed by atoms with Gasteiger partial charge in [0.15, 0.2) is 0 Å². The topological polar surface area (TPSA) is 44.8 Å². The summed E-state index contributed by atoms with van der Waals surface area (Å²) in [5, 5.41) is 0. The summed E-state index contributed by atoms with van der Waals surface area (Å²) in [5.41, 5.74) is 2.98. The van der Waals surface area contributed by atoms with Crippen LogP contribution in [0.1, 0.15) is 36.5 Å². The van der Waals surface area contributed by atoms with Gasteiger partial charge in [-0.2, -0.15) is 0 Å². The van der Waals surface area contributed by atoms with Crippen molar-refractivity contribution in [2.75, 3.05) is 20.8 Å². The number of esters is 1. The molecule has 0 N–H and O–H groups in total. The van der Waals surface area contributed by atoms with Gasteiger partial charge in [-0.25, -0.2) is 4.79 Å². The van der Waals surface area contributed by atoms with Gasteiger partial charge in [-0.3, -0.25) is 0 Å². The molecule has 0 radical (unpaired) electrons. The second kappa shape index (κ2) is 9.66. The Morgan fingerprint density at radius 1 is 1.04 bits per heavy atom. The largest absolute Gasteiger partial charge is 0.496 e. The Kier molecular flexibility index (Phi) is 7.27. The van der Waals surface area contributed by atoms with Crippen LogP contribution in [0.2, 0.25) is 0 Å². The molecule has 0 saturated heterocycles. The van der Waals surface area contributed by atoms with E-state index in [9.17, 15) is 4.79 Å². The van der Waals surface area contributed by atoms with Crippen molar-refractivity contribution >= 4 is 12.0 Å². The number of carbonyl (C=O) groups is 1. The number of ether oxygens (including phenoxy) is 3. The molecule has 0 bridgehead atoms. The smallest absolute Gasteiger partial charge is 0.330 e. The van der Waals surface area contributed by atoms with Crippen LogP contribution in [0.3, 0.4) is 0 Å². The van der Waals surface area contributed by atoms with E-state index >= 15 is 0 Å². The molecule has 26 heavy (non-hydrogen) atoms. The van der Waals surface area contributed by atoms with Crippen LogP contribution < -0.4 is 9.47 Å². The van der Waals surface area contributed by atoms with Gasteiger partial charge in [0.05, 0.1) is 20.8 Å². The van der Waals surface area contributed by atoms with Crippen molar-refractivity contribution < 1.29 is 19.0 Å². The molecular formula is C22H26O4. The highest BCUT2D eigenvalue weighted by Crippen LogP contribution is 2.36. The molecule has 2 rings (SSSR count). The Morgan fingerprint density at radius 3 is 2.19 bits per heavy atom. The van der Waals surface area contributed by atoms with Crippen LogP contribution in [0.15, 0.2) is 48.5 Å². The molecule has 0 unspecified atom stereocenters. The van der Waals surface area contributed by atoms with Crippen molar-refractivity contribution in [1.29, 1.82) is 0 Å². The third-order valence-corrected chi connectivity index (χ3v) is 4.03. The number of carbonyl (C=O) groups excluding carboxylic acids is 1. The maximum atomic E-state index is 11.9. The minimum absolute atomic E-state index is 0.265. The van der Waals surface area contributed by atoms with E-state index in [2.05, 4.69) is 13.8 Å². The second-order valence-corrected chi connectivity index (χ2v) is 6.23. The fourth-order valence-electron chi connectivity index (χ4n) is 2.75. The molecule has 0 fully saturated rings. The van der Waals surface area contributed by atoms with E-state index in [1.54, 1.807) is 20.3 Å².